The number of rotatable bonds is 4. The number of hydrogen-bond donors (Lipinski definition) is 1. The molecule has 1 saturated heterocycles. The summed E-state index contributed by atoms with van der Waals surface area (Å²) in [5.74, 6) is 4.06. The number of carbonyl (C=O) groups excluding carboxylic acids is 2. The van der Waals surface area contributed by atoms with Gasteiger partial charge in [-0.1, -0.05) is 11.5 Å². The number of hydrogen-bond acceptors (Lipinski definition) is 3. The van der Waals surface area contributed by atoms with Gasteiger partial charge < -0.3 is 15.5 Å². The van der Waals surface area contributed by atoms with Crippen molar-refractivity contribution < 1.29 is 14.0 Å². The molecule has 1 aliphatic heterocycles. The minimum Gasteiger partial charge on any atom is -0.367 e. The Bertz CT molecular complexity index is 955. The van der Waals surface area contributed by atoms with Crippen molar-refractivity contribution in [2.75, 3.05) is 24.5 Å². The molecule has 2 amide bonds. The van der Waals surface area contributed by atoms with Crippen molar-refractivity contribution in [3.63, 3.8) is 0 Å². The SMILES string of the molecule is CC#CC(=O)N(CC)[C@H]1CCCN(c2c(F)cc(C(N)=O)c3c2C(C)=C(C)C3)C1. The molecule has 2 N–H and O–H groups in total. The van der Waals surface area contributed by atoms with Gasteiger partial charge in [0, 0.05) is 30.8 Å². The maximum Gasteiger partial charge on any atom is 0.298 e. The van der Waals surface area contributed by atoms with Gasteiger partial charge in [-0.05, 0) is 70.1 Å². The topological polar surface area (TPSA) is 66.6 Å². The number of halogens is 1. The monoisotopic (exact) mass is 397 g/mol. The highest BCUT2D eigenvalue weighted by molar-refractivity contribution is 5.99. The van der Waals surface area contributed by atoms with Crippen LogP contribution in [-0.4, -0.2) is 42.4 Å². The van der Waals surface area contributed by atoms with E-state index in [1.54, 1.807) is 11.8 Å². The number of nitrogens with zero attached hydrogens (tertiary/aromatic N) is 2. The first-order valence-electron chi connectivity index (χ1n) is 10.1. The second kappa shape index (κ2) is 8.28. The molecule has 29 heavy (non-hydrogen) atoms. The Morgan fingerprint density at radius 1 is 1.38 bits per heavy atom. The number of nitrogens with two attached hydrogens (primary N) is 1. The average Bonchev–Trinajstić information content (AvgIpc) is 2.97. The molecular formula is C23H28FN3O2. The average molecular weight is 397 g/mol. The van der Waals surface area contributed by atoms with Crippen LogP contribution in [-0.2, 0) is 11.2 Å². The molecule has 1 aliphatic carbocycles. The summed E-state index contributed by atoms with van der Waals surface area (Å²) >= 11 is 0. The van der Waals surface area contributed by atoms with E-state index >= 15 is 4.39 Å². The van der Waals surface area contributed by atoms with Crippen LogP contribution in [0.2, 0.25) is 0 Å². The van der Waals surface area contributed by atoms with E-state index in [-0.39, 0.29) is 17.5 Å². The molecule has 5 nitrogen and oxygen atoms in total. The highest BCUT2D eigenvalue weighted by atomic mass is 19.1. The van der Waals surface area contributed by atoms with Crippen LogP contribution in [0.5, 0.6) is 0 Å². The number of piperidine rings is 1. The third-order valence-corrected chi connectivity index (χ3v) is 6.07. The number of amides is 2. The second-order valence-corrected chi connectivity index (χ2v) is 7.76. The Hall–Kier alpha value is -2.81. The number of carbonyl (C=O) groups is 2. The number of allylic oxidation sites excluding steroid dienone is 2. The minimum atomic E-state index is -0.605. The molecule has 1 heterocycles. The van der Waals surface area contributed by atoms with Gasteiger partial charge in [-0.2, -0.15) is 0 Å². The lowest BCUT2D eigenvalue weighted by Gasteiger charge is -2.40. The van der Waals surface area contributed by atoms with Gasteiger partial charge in [0.05, 0.1) is 11.7 Å². The summed E-state index contributed by atoms with van der Waals surface area (Å²) in [5, 5.41) is 0. The number of likely N-dealkylation sites (N-methyl/N-ethyl adjacent to an activating group) is 1. The lowest BCUT2D eigenvalue weighted by Crippen LogP contribution is -2.50. The van der Waals surface area contributed by atoms with Crippen molar-refractivity contribution in [3.05, 3.63) is 34.1 Å². The Labute approximate surface area is 171 Å². The van der Waals surface area contributed by atoms with E-state index in [1.165, 1.54) is 6.07 Å². The second-order valence-electron chi connectivity index (χ2n) is 7.76. The molecule has 0 saturated carbocycles. The Kier molecular flexibility index (Phi) is 5.97. The van der Waals surface area contributed by atoms with Crippen LogP contribution in [0.3, 0.4) is 0 Å². The molecule has 3 rings (SSSR count). The molecule has 0 spiro atoms. The number of benzene rings is 1. The standard InChI is InChI=1S/C23H28FN3O2/c1-5-8-20(28)27(6-2)16-9-7-10-26(13-16)22-19(24)12-18(23(25)29)17-11-14(3)15(4)21(17)22/h12,16H,6-7,9-11,13H2,1-4H3,(H2,25,29)/t16-/m0/s1. The van der Waals surface area contributed by atoms with Crippen LogP contribution in [0.15, 0.2) is 11.6 Å². The molecule has 1 atom stereocenters. The Balaban J connectivity index is 2.03. The molecular weight excluding hydrogens is 369 g/mol. The highest BCUT2D eigenvalue weighted by Gasteiger charge is 2.33. The first-order valence-corrected chi connectivity index (χ1v) is 10.1. The van der Waals surface area contributed by atoms with Crippen molar-refractivity contribution in [2.24, 2.45) is 5.73 Å². The zero-order valence-corrected chi connectivity index (χ0v) is 17.6. The van der Waals surface area contributed by atoms with Gasteiger partial charge in [0.2, 0.25) is 5.91 Å². The van der Waals surface area contributed by atoms with E-state index in [1.807, 2.05) is 25.7 Å². The van der Waals surface area contributed by atoms with Crippen LogP contribution in [0, 0.1) is 17.7 Å². The third-order valence-electron chi connectivity index (χ3n) is 6.07. The van der Waals surface area contributed by atoms with Crippen molar-refractivity contribution in [3.8, 4) is 11.8 Å². The molecule has 2 aliphatic rings. The fourth-order valence-electron chi connectivity index (χ4n) is 4.57. The summed E-state index contributed by atoms with van der Waals surface area (Å²) in [7, 11) is 0. The number of anilines is 1. The molecule has 0 radical (unpaired) electrons. The zero-order valence-electron chi connectivity index (χ0n) is 17.6. The predicted octanol–water partition coefficient (Wildman–Crippen LogP) is 3.11. The highest BCUT2D eigenvalue weighted by Crippen LogP contribution is 2.43. The summed E-state index contributed by atoms with van der Waals surface area (Å²) in [6, 6.07) is 1.25. The van der Waals surface area contributed by atoms with Crippen LogP contribution in [0.4, 0.5) is 10.1 Å². The lowest BCUT2D eigenvalue weighted by molar-refractivity contribution is -0.127. The molecule has 0 bridgehead atoms. The van der Waals surface area contributed by atoms with Crippen LogP contribution < -0.4 is 10.6 Å². The largest absolute Gasteiger partial charge is 0.367 e. The van der Waals surface area contributed by atoms with E-state index in [2.05, 4.69) is 11.8 Å². The Morgan fingerprint density at radius 3 is 2.72 bits per heavy atom. The van der Waals surface area contributed by atoms with E-state index in [4.69, 9.17) is 5.73 Å². The van der Waals surface area contributed by atoms with Gasteiger partial charge >= 0.3 is 0 Å². The van der Waals surface area contributed by atoms with Crippen LogP contribution >= 0.6 is 0 Å². The smallest absolute Gasteiger partial charge is 0.298 e. The van der Waals surface area contributed by atoms with Crippen molar-refractivity contribution in [2.45, 2.75) is 53.0 Å². The first kappa shape index (κ1) is 20.9. The van der Waals surface area contributed by atoms with Gasteiger partial charge in [0.25, 0.3) is 5.91 Å². The van der Waals surface area contributed by atoms with Crippen molar-refractivity contribution >= 4 is 23.1 Å². The first-order chi connectivity index (χ1) is 13.8. The maximum atomic E-state index is 15.3. The summed E-state index contributed by atoms with van der Waals surface area (Å²) < 4.78 is 15.3. The molecule has 0 unspecified atom stereocenters. The fraction of sp³-hybridized carbons (Fsp3) is 0.478. The molecule has 1 fully saturated rings. The minimum absolute atomic E-state index is 0.0280. The molecule has 0 aromatic heterocycles. The molecule has 1 aromatic rings. The van der Waals surface area contributed by atoms with E-state index in [0.717, 1.165) is 35.1 Å². The van der Waals surface area contributed by atoms with Gasteiger partial charge in [-0.3, -0.25) is 9.59 Å². The summed E-state index contributed by atoms with van der Waals surface area (Å²) in [6.45, 7) is 9.35. The molecule has 1 aromatic carbocycles. The normalized spacial score (nSPS) is 18.2. The Morgan fingerprint density at radius 2 is 2.10 bits per heavy atom. The van der Waals surface area contributed by atoms with Gasteiger partial charge in [0.15, 0.2) is 0 Å². The van der Waals surface area contributed by atoms with Gasteiger partial charge in [0.1, 0.15) is 5.82 Å². The van der Waals surface area contributed by atoms with E-state index in [9.17, 15) is 9.59 Å². The van der Waals surface area contributed by atoms with Crippen molar-refractivity contribution in [1.29, 1.82) is 0 Å². The summed E-state index contributed by atoms with van der Waals surface area (Å²) in [4.78, 5) is 28.1. The zero-order chi connectivity index (χ0) is 21.3. The number of fused-ring (bicyclic) bond motifs is 1. The van der Waals surface area contributed by atoms with Gasteiger partial charge in [-0.25, -0.2) is 4.39 Å². The maximum absolute atomic E-state index is 15.3. The van der Waals surface area contributed by atoms with E-state index < -0.39 is 11.7 Å². The van der Waals surface area contributed by atoms with Gasteiger partial charge in [-0.15, -0.1) is 0 Å². The summed E-state index contributed by atoms with van der Waals surface area (Å²) in [6.07, 6.45) is 2.32. The summed E-state index contributed by atoms with van der Waals surface area (Å²) in [5.41, 5.74) is 10.0. The van der Waals surface area contributed by atoms with Crippen LogP contribution in [0.25, 0.3) is 5.57 Å². The van der Waals surface area contributed by atoms with Crippen molar-refractivity contribution in [1.82, 2.24) is 4.90 Å². The predicted molar refractivity (Wildman–Crippen MR) is 113 cm³/mol. The van der Waals surface area contributed by atoms with Crippen LogP contribution in [0.1, 0.15) is 62.0 Å². The fourth-order valence-corrected chi connectivity index (χ4v) is 4.57. The lowest BCUT2D eigenvalue weighted by atomic mass is 9.95. The quantitative estimate of drug-likeness (QED) is 0.794. The number of primary amides is 1. The molecule has 154 valence electrons. The molecule has 6 heteroatoms. The van der Waals surface area contributed by atoms with E-state index in [0.29, 0.717) is 31.7 Å². The third kappa shape index (κ3) is 3.74.